The Kier molecular flexibility index (Phi) is 5.09. The van der Waals surface area contributed by atoms with Gasteiger partial charge < -0.3 is 15.0 Å². The van der Waals surface area contributed by atoms with Gasteiger partial charge in [0.1, 0.15) is 11.7 Å². The van der Waals surface area contributed by atoms with Crippen LogP contribution in [-0.2, 0) is 16.0 Å². The first-order valence-electron chi connectivity index (χ1n) is 8.12. The first-order chi connectivity index (χ1) is 12.2. The van der Waals surface area contributed by atoms with Crippen LogP contribution in [0.4, 0.5) is 0 Å². The molecule has 3 rings (SSSR count). The fourth-order valence-electron chi connectivity index (χ4n) is 2.69. The van der Waals surface area contributed by atoms with Crippen molar-refractivity contribution in [2.24, 2.45) is 0 Å². The molecule has 0 spiro atoms. The van der Waals surface area contributed by atoms with E-state index in [1.807, 2.05) is 30.5 Å². The van der Waals surface area contributed by atoms with Crippen LogP contribution in [0.2, 0.25) is 0 Å². The van der Waals surface area contributed by atoms with E-state index in [1.54, 1.807) is 25.1 Å². The fraction of sp³-hybridized carbons (Fsp3) is 0.211. The highest BCUT2D eigenvalue weighted by molar-refractivity contribution is 5.95. The molecular formula is C19H19N3O3. The molecule has 1 atom stereocenters. The standard InChI is InChI=1S/C19H19N3O3/c1-2-25-19(24)17(22-18(23)16-9-5-6-10-20-16)11-13-12-21-15-8-4-3-7-14(13)15/h3-10,12,17,21H,2,11H2,1H3,(H,22,23). The second-order valence-electron chi connectivity index (χ2n) is 5.56. The van der Waals surface area contributed by atoms with Crippen molar-refractivity contribution in [1.29, 1.82) is 0 Å². The number of H-pyrrole nitrogens is 1. The molecule has 0 fully saturated rings. The summed E-state index contributed by atoms with van der Waals surface area (Å²) in [7, 11) is 0. The number of aromatic amines is 1. The summed E-state index contributed by atoms with van der Waals surface area (Å²) in [5, 5.41) is 3.75. The molecule has 0 saturated carbocycles. The third kappa shape index (κ3) is 3.85. The number of benzene rings is 1. The second-order valence-corrected chi connectivity index (χ2v) is 5.56. The fourth-order valence-corrected chi connectivity index (χ4v) is 2.69. The summed E-state index contributed by atoms with van der Waals surface area (Å²) in [5.41, 5.74) is 2.18. The number of aromatic nitrogens is 2. The van der Waals surface area contributed by atoms with E-state index in [9.17, 15) is 9.59 Å². The number of esters is 1. The third-order valence-corrected chi connectivity index (χ3v) is 3.87. The minimum atomic E-state index is -0.784. The molecule has 25 heavy (non-hydrogen) atoms. The number of amides is 1. The second kappa shape index (κ2) is 7.61. The molecule has 0 aliphatic rings. The van der Waals surface area contributed by atoms with Crippen molar-refractivity contribution in [2.45, 2.75) is 19.4 Å². The lowest BCUT2D eigenvalue weighted by Crippen LogP contribution is -2.43. The molecule has 2 N–H and O–H groups in total. The number of pyridine rings is 1. The van der Waals surface area contributed by atoms with Gasteiger partial charge in [-0.2, -0.15) is 0 Å². The number of ether oxygens (including phenoxy) is 1. The Bertz CT molecular complexity index is 874. The van der Waals surface area contributed by atoms with Crippen molar-refractivity contribution in [1.82, 2.24) is 15.3 Å². The normalized spacial score (nSPS) is 11.9. The van der Waals surface area contributed by atoms with Gasteiger partial charge >= 0.3 is 5.97 Å². The van der Waals surface area contributed by atoms with Gasteiger partial charge in [-0.1, -0.05) is 24.3 Å². The number of nitrogens with zero attached hydrogens (tertiary/aromatic N) is 1. The van der Waals surface area contributed by atoms with Crippen LogP contribution in [0.1, 0.15) is 23.0 Å². The zero-order chi connectivity index (χ0) is 17.6. The molecule has 6 heteroatoms. The van der Waals surface area contributed by atoms with Crippen molar-refractivity contribution < 1.29 is 14.3 Å². The molecule has 0 bridgehead atoms. The molecule has 1 aromatic carbocycles. The van der Waals surface area contributed by atoms with Crippen LogP contribution >= 0.6 is 0 Å². The van der Waals surface area contributed by atoms with E-state index >= 15 is 0 Å². The van der Waals surface area contributed by atoms with Gasteiger partial charge in [0.15, 0.2) is 0 Å². The number of nitrogens with one attached hydrogen (secondary N) is 2. The van der Waals surface area contributed by atoms with Gasteiger partial charge in [-0.05, 0) is 30.7 Å². The minimum absolute atomic E-state index is 0.253. The first kappa shape index (κ1) is 16.7. The lowest BCUT2D eigenvalue weighted by molar-refractivity contribution is -0.145. The van der Waals surface area contributed by atoms with E-state index in [0.29, 0.717) is 6.42 Å². The zero-order valence-electron chi connectivity index (χ0n) is 13.9. The quantitative estimate of drug-likeness (QED) is 0.677. The van der Waals surface area contributed by atoms with Crippen LogP contribution < -0.4 is 5.32 Å². The van der Waals surface area contributed by atoms with Gasteiger partial charge in [0.2, 0.25) is 0 Å². The van der Waals surface area contributed by atoms with Gasteiger partial charge in [0, 0.05) is 29.7 Å². The molecule has 6 nitrogen and oxygen atoms in total. The van der Waals surface area contributed by atoms with E-state index in [-0.39, 0.29) is 12.3 Å². The number of hydrogen-bond donors (Lipinski definition) is 2. The average molecular weight is 337 g/mol. The van der Waals surface area contributed by atoms with Gasteiger partial charge in [-0.15, -0.1) is 0 Å². The predicted molar refractivity (Wildman–Crippen MR) is 94.1 cm³/mol. The topological polar surface area (TPSA) is 84.1 Å². The molecule has 0 aliphatic carbocycles. The molecule has 2 aromatic heterocycles. The van der Waals surface area contributed by atoms with Crippen LogP contribution in [0.25, 0.3) is 10.9 Å². The Morgan fingerprint density at radius 2 is 2.00 bits per heavy atom. The number of carbonyl (C=O) groups is 2. The minimum Gasteiger partial charge on any atom is -0.464 e. The summed E-state index contributed by atoms with van der Waals surface area (Å²) in [6, 6.07) is 12.1. The average Bonchev–Trinajstić information content (AvgIpc) is 3.05. The Morgan fingerprint density at radius 3 is 2.76 bits per heavy atom. The molecule has 3 aromatic rings. The molecular weight excluding hydrogens is 318 g/mol. The van der Waals surface area contributed by atoms with Crippen molar-refractivity contribution >= 4 is 22.8 Å². The highest BCUT2D eigenvalue weighted by Gasteiger charge is 2.24. The predicted octanol–water partition coefficient (Wildman–Crippen LogP) is 2.47. The number of rotatable bonds is 6. The maximum atomic E-state index is 12.4. The number of hydrogen-bond acceptors (Lipinski definition) is 4. The summed E-state index contributed by atoms with van der Waals surface area (Å²) in [4.78, 5) is 31.9. The lowest BCUT2D eigenvalue weighted by atomic mass is 10.0. The van der Waals surface area contributed by atoms with E-state index in [1.165, 1.54) is 6.20 Å². The Morgan fingerprint density at radius 1 is 1.20 bits per heavy atom. The molecule has 1 amide bonds. The Balaban J connectivity index is 1.82. The van der Waals surface area contributed by atoms with Crippen molar-refractivity contribution in [3.05, 3.63) is 66.1 Å². The van der Waals surface area contributed by atoms with Gasteiger partial charge in [0.25, 0.3) is 5.91 Å². The molecule has 0 radical (unpaired) electrons. The Labute approximate surface area is 145 Å². The van der Waals surface area contributed by atoms with Gasteiger partial charge in [-0.25, -0.2) is 4.79 Å². The summed E-state index contributed by atoms with van der Waals surface area (Å²) >= 11 is 0. The lowest BCUT2D eigenvalue weighted by Gasteiger charge is -2.17. The van der Waals surface area contributed by atoms with Crippen LogP contribution in [0.15, 0.2) is 54.9 Å². The molecule has 0 aliphatic heterocycles. The maximum absolute atomic E-state index is 12.4. The van der Waals surface area contributed by atoms with Crippen molar-refractivity contribution in [3.8, 4) is 0 Å². The molecule has 1 unspecified atom stereocenters. The third-order valence-electron chi connectivity index (χ3n) is 3.87. The SMILES string of the molecule is CCOC(=O)C(Cc1c[nH]c2ccccc12)NC(=O)c1ccccn1. The smallest absolute Gasteiger partial charge is 0.328 e. The van der Waals surface area contributed by atoms with Crippen LogP contribution in [0, 0.1) is 0 Å². The highest BCUT2D eigenvalue weighted by Crippen LogP contribution is 2.19. The van der Waals surface area contributed by atoms with E-state index < -0.39 is 17.9 Å². The summed E-state index contributed by atoms with van der Waals surface area (Å²) in [6.45, 7) is 1.99. The highest BCUT2D eigenvalue weighted by atomic mass is 16.5. The van der Waals surface area contributed by atoms with E-state index in [2.05, 4.69) is 15.3 Å². The van der Waals surface area contributed by atoms with Crippen LogP contribution in [-0.4, -0.2) is 34.5 Å². The molecule has 2 heterocycles. The van der Waals surface area contributed by atoms with E-state index in [4.69, 9.17) is 4.74 Å². The summed E-state index contributed by atoms with van der Waals surface area (Å²) < 4.78 is 5.12. The zero-order valence-corrected chi connectivity index (χ0v) is 13.9. The first-order valence-corrected chi connectivity index (χ1v) is 8.12. The monoisotopic (exact) mass is 337 g/mol. The Hall–Kier alpha value is -3.15. The summed E-state index contributed by atoms with van der Waals surface area (Å²) in [5.74, 6) is -0.865. The molecule has 0 saturated heterocycles. The van der Waals surface area contributed by atoms with Crippen LogP contribution in [0.5, 0.6) is 0 Å². The maximum Gasteiger partial charge on any atom is 0.328 e. The number of para-hydroxylation sites is 1. The van der Waals surface area contributed by atoms with Gasteiger partial charge in [0.05, 0.1) is 6.61 Å². The van der Waals surface area contributed by atoms with Crippen molar-refractivity contribution in [3.63, 3.8) is 0 Å². The number of fused-ring (bicyclic) bond motifs is 1. The van der Waals surface area contributed by atoms with E-state index in [0.717, 1.165) is 16.5 Å². The number of carbonyl (C=O) groups excluding carboxylic acids is 2. The molecule has 128 valence electrons. The van der Waals surface area contributed by atoms with Crippen molar-refractivity contribution in [2.75, 3.05) is 6.61 Å². The van der Waals surface area contributed by atoms with Gasteiger partial charge in [-0.3, -0.25) is 9.78 Å². The summed E-state index contributed by atoms with van der Waals surface area (Å²) in [6.07, 6.45) is 3.72. The van der Waals surface area contributed by atoms with Crippen LogP contribution in [0.3, 0.4) is 0 Å². The largest absolute Gasteiger partial charge is 0.464 e.